The molecular weight excluding hydrogens is 979 g/mol. The summed E-state index contributed by atoms with van der Waals surface area (Å²) in [6.45, 7) is 11.4. The summed E-state index contributed by atoms with van der Waals surface area (Å²) in [5, 5.41) is 20.8. The quantitative estimate of drug-likeness (QED) is 0.0693. The molecule has 18 heteroatoms. The largest absolute Gasteiger partial charge is 0.508 e. The molecule has 0 bridgehead atoms. The Hall–Kier alpha value is -5.34. The number of hydrogen-bond acceptors (Lipinski definition) is 16. The van der Waals surface area contributed by atoms with E-state index in [4.69, 9.17) is 42.3 Å². The summed E-state index contributed by atoms with van der Waals surface area (Å²) in [5.41, 5.74) is 3.57. The second-order valence-electron chi connectivity index (χ2n) is 21.2. The number of nitrogens with zero attached hydrogens (tertiary/aromatic N) is 3. The van der Waals surface area contributed by atoms with Gasteiger partial charge in [0.15, 0.2) is 5.43 Å². The predicted octanol–water partition coefficient (Wildman–Crippen LogP) is 6.76. The summed E-state index contributed by atoms with van der Waals surface area (Å²) in [6.07, 6.45) is 6.13. The van der Waals surface area contributed by atoms with Crippen molar-refractivity contribution in [1.82, 2.24) is 9.80 Å². The molecule has 6 aliphatic rings. The molecule has 2 aromatic rings. The van der Waals surface area contributed by atoms with Crippen LogP contribution in [0.5, 0.6) is 11.5 Å². The van der Waals surface area contributed by atoms with Crippen molar-refractivity contribution in [1.29, 1.82) is 0 Å². The van der Waals surface area contributed by atoms with Crippen molar-refractivity contribution in [3.05, 3.63) is 64.3 Å². The van der Waals surface area contributed by atoms with Crippen LogP contribution in [0.3, 0.4) is 0 Å². The summed E-state index contributed by atoms with van der Waals surface area (Å²) in [5.74, 6) is 0.688. The number of esters is 1. The minimum Gasteiger partial charge on any atom is -0.508 e. The molecule has 2 amide bonds. The summed E-state index contributed by atoms with van der Waals surface area (Å²) in [7, 11) is 1.64. The number of ether oxygens (including phenoxy) is 8. The molecule has 5 heterocycles. The highest BCUT2D eigenvalue weighted by Gasteiger charge is 2.43. The van der Waals surface area contributed by atoms with Gasteiger partial charge in [-0.2, -0.15) is 0 Å². The first-order valence-corrected chi connectivity index (χ1v) is 27.4. The van der Waals surface area contributed by atoms with E-state index in [1.165, 1.54) is 12.1 Å². The van der Waals surface area contributed by atoms with E-state index in [2.05, 4.69) is 11.0 Å². The molecule has 2 aromatic carbocycles. The van der Waals surface area contributed by atoms with E-state index in [-0.39, 0.29) is 86.7 Å². The van der Waals surface area contributed by atoms with Crippen LogP contribution in [0.25, 0.3) is 33.4 Å². The van der Waals surface area contributed by atoms with Crippen LogP contribution < -0.4 is 15.1 Å². The molecule has 6 unspecified atom stereocenters. The number of rotatable bonds is 20. The van der Waals surface area contributed by atoms with E-state index >= 15 is 0 Å². The molecule has 5 aliphatic heterocycles. The second kappa shape index (κ2) is 27.3. The Morgan fingerprint density at radius 1 is 0.816 bits per heavy atom. The third-order valence-corrected chi connectivity index (χ3v) is 15.4. The number of aromatic hydroxyl groups is 1. The summed E-state index contributed by atoms with van der Waals surface area (Å²) < 4.78 is 55.3. The van der Waals surface area contributed by atoms with Gasteiger partial charge in [-0.25, -0.2) is 0 Å². The van der Waals surface area contributed by atoms with E-state index in [0.29, 0.717) is 121 Å². The molecule has 6 atom stereocenters. The van der Waals surface area contributed by atoms with Crippen molar-refractivity contribution in [3.63, 3.8) is 0 Å². The van der Waals surface area contributed by atoms with Crippen LogP contribution in [0.1, 0.15) is 83.6 Å². The first kappa shape index (κ1) is 56.9. The molecule has 0 radical (unpaired) electrons. The lowest BCUT2D eigenvalue weighted by Crippen LogP contribution is -2.44. The second-order valence-corrected chi connectivity index (χ2v) is 21.2. The van der Waals surface area contributed by atoms with Crippen molar-refractivity contribution >= 4 is 34.4 Å². The number of aryl methyl sites for hydroxylation is 1. The van der Waals surface area contributed by atoms with Crippen LogP contribution in [0.4, 0.5) is 5.69 Å². The molecule has 4 saturated heterocycles. The molecule has 0 spiro atoms. The zero-order valence-corrected chi connectivity index (χ0v) is 44.9. The lowest BCUT2D eigenvalue weighted by atomic mass is 9.74. The van der Waals surface area contributed by atoms with E-state index in [1.807, 2.05) is 42.7 Å². The molecule has 1 aliphatic carbocycles. The summed E-state index contributed by atoms with van der Waals surface area (Å²) >= 11 is 0. The highest BCUT2D eigenvalue weighted by molar-refractivity contribution is 6.03. The van der Waals surface area contributed by atoms with Gasteiger partial charge in [0.2, 0.25) is 11.8 Å². The lowest BCUT2D eigenvalue weighted by molar-refractivity contribution is -0.160. The fourth-order valence-electron chi connectivity index (χ4n) is 11.8. The van der Waals surface area contributed by atoms with Gasteiger partial charge in [-0.3, -0.25) is 19.2 Å². The third-order valence-electron chi connectivity index (χ3n) is 15.4. The highest BCUT2D eigenvalue weighted by atomic mass is 16.6. The van der Waals surface area contributed by atoms with Crippen LogP contribution in [0.2, 0.25) is 0 Å². The Kier molecular flexibility index (Phi) is 20.4. The monoisotopic (exact) mass is 1060 g/mol. The molecule has 0 saturated carbocycles. The van der Waals surface area contributed by atoms with Gasteiger partial charge in [-0.1, -0.05) is 0 Å². The number of aliphatic hydroxyl groups excluding tert-OH is 1. The maximum atomic E-state index is 14.1. The third kappa shape index (κ3) is 14.6. The number of amides is 2. The molecule has 4 fully saturated rings. The van der Waals surface area contributed by atoms with Crippen molar-refractivity contribution in [3.8, 4) is 33.9 Å². The average Bonchev–Trinajstić information content (AvgIpc) is 4.19. The minimum absolute atomic E-state index is 0.0454. The number of methoxy groups -OCH3 is 1. The maximum absolute atomic E-state index is 14.1. The first-order valence-electron chi connectivity index (χ1n) is 27.4. The summed E-state index contributed by atoms with van der Waals surface area (Å²) in [6, 6.07) is 13.5. The SMILES string of the molecule is COc1cc(-c2c3ccc(=O)cc-3oc3cc(O)ccc23)c(C)cc1N1CCOCCOCC(COCC(CC(CC2CCCO2)N2CCCC2=O)CC(C)(CC(C)N2CCCC2=O)C(=O)OCCO)OCCOCC1. The predicted molar refractivity (Wildman–Crippen MR) is 285 cm³/mol. The van der Waals surface area contributed by atoms with Gasteiger partial charge in [-0.15, -0.1) is 0 Å². The Morgan fingerprint density at radius 2 is 1.55 bits per heavy atom. The molecule has 0 aromatic heterocycles. The van der Waals surface area contributed by atoms with Crippen LogP contribution in [0.15, 0.2) is 57.7 Å². The van der Waals surface area contributed by atoms with Gasteiger partial charge in [-0.05, 0) is 126 Å². The molecule has 76 heavy (non-hydrogen) atoms. The number of carbonyl (C=O) groups is 3. The van der Waals surface area contributed by atoms with Crippen LogP contribution >= 0.6 is 0 Å². The zero-order chi connectivity index (χ0) is 53.6. The van der Waals surface area contributed by atoms with Crippen molar-refractivity contribution in [2.24, 2.45) is 11.3 Å². The number of likely N-dealkylation sites (tertiary alicyclic amines) is 2. The summed E-state index contributed by atoms with van der Waals surface area (Å²) in [4.78, 5) is 58.7. The van der Waals surface area contributed by atoms with E-state index in [1.54, 1.807) is 25.3 Å². The minimum atomic E-state index is -1.03. The topological polar surface area (TPSA) is 205 Å². The van der Waals surface area contributed by atoms with E-state index < -0.39 is 17.5 Å². The van der Waals surface area contributed by atoms with Gasteiger partial charge in [0.25, 0.3) is 0 Å². The van der Waals surface area contributed by atoms with Gasteiger partial charge < -0.3 is 67.2 Å². The molecule has 8 rings (SSSR count). The maximum Gasteiger partial charge on any atom is 0.311 e. The Balaban J connectivity index is 0.939. The number of aliphatic hydroxyl groups is 1. The van der Waals surface area contributed by atoms with Crippen molar-refractivity contribution in [2.45, 2.75) is 109 Å². The average molecular weight is 1060 g/mol. The number of anilines is 1. The van der Waals surface area contributed by atoms with E-state index in [0.717, 1.165) is 59.0 Å². The Labute approximate surface area is 446 Å². The molecular formula is C58H79N3O15. The van der Waals surface area contributed by atoms with Crippen LogP contribution in [0, 0.1) is 18.3 Å². The fourth-order valence-corrected chi connectivity index (χ4v) is 11.8. The van der Waals surface area contributed by atoms with Gasteiger partial charge in [0, 0.05) is 93.0 Å². The van der Waals surface area contributed by atoms with Crippen molar-refractivity contribution in [2.75, 3.05) is 117 Å². The van der Waals surface area contributed by atoms with Gasteiger partial charge in [0.1, 0.15) is 35.6 Å². The highest BCUT2D eigenvalue weighted by Crippen LogP contribution is 2.45. The standard InChI is InChI=1S/C58H79N3O15/c1-39-28-50(53(68-4)33-49(39)56-47-13-11-43(63)31-51(47)76-52-32-44(64)12-14-48(52)56)59-17-21-69-24-25-71-37-46(74-27-26-70-22-18-59)38-72-36-41(29-42(30-45-8-7-20-73-45)61-16-6-10-55(61)66)35-58(3,57(67)75-23-19-62)34-40(2)60-15-5-9-54(60)65/h11-14,28,31-33,40-42,45-46,62-63H,5-10,15-27,29-30,34-38H2,1-4H3. The Morgan fingerprint density at radius 3 is 2.26 bits per heavy atom. The molecule has 416 valence electrons. The number of carbonyl (C=O) groups excluding carboxylic acids is 3. The number of phenols is 1. The van der Waals surface area contributed by atoms with Crippen LogP contribution in [-0.2, 0) is 47.5 Å². The zero-order valence-electron chi connectivity index (χ0n) is 44.9. The number of hydrogen-bond donors (Lipinski definition) is 2. The Bertz CT molecular complexity index is 2580. The number of benzene rings is 3. The molecule has 2 N–H and O–H groups in total. The van der Waals surface area contributed by atoms with Gasteiger partial charge in [0.05, 0.1) is 83.8 Å². The first-order chi connectivity index (χ1) is 36.8. The number of phenolic OH excluding ortho intramolecular Hbond substituents is 1. The van der Waals surface area contributed by atoms with Crippen molar-refractivity contribution < 1.29 is 66.9 Å². The molecule has 18 nitrogen and oxygen atoms in total. The van der Waals surface area contributed by atoms with Gasteiger partial charge >= 0.3 is 5.97 Å². The normalized spacial score (nSPS) is 21.6. The van der Waals surface area contributed by atoms with Crippen LogP contribution in [-0.4, -0.2) is 175 Å². The number of fused-ring (bicyclic) bond motifs is 2. The lowest BCUT2D eigenvalue weighted by Gasteiger charge is -2.38. The smallest absolute Gasteiger partial charge is 0.311 e. The fraction of sp³-hybridized carbons (Fsp3) is 0.621. The van der Waals surface area contributed by atoms with E-state index in [9.17, 15) is 29.4 Å².